The quantitative estimate of drug-likeness (QED) is 0.710. The molecule has 3 amide bonds. The summed E-state index contributed by atoms with van der Waals surface area (Å²) in [5.74, 6) is -1.58. The van der Waals surface area contributed by atoms with Gasteiger partial charge < -0.3 is 10.6 Å². The van der Waals surface area contributed by atoms with Gasteiger partial charge in [0.15, 0.2) is 0 Å². The lowest BCUT2D eigenvalue weighted by Gasteiger charge is -2.28. The second kappa shape index (κ2) is 6.29. The van der Waals surface area contributed by atoms with Gasteiger partial charge >= 0.3 is 0 Å². The molecule has 1 aliphatic rings. The predicted octanol–water partition coefficient (Wildman–Crippen LogP) is -0.711. The van der Waals surface area contributed by atoms with E-state index in [-0.39, 0.29) is 25.5 Å². The molecule has 3 N–H and O–H groups in total. The number of rotatable bonds is 4. The molecule has 1 saturated heterocycles. The number of nitrogens with one attached hydrogen (secondary N) is 1. The van der Waals surface area contributed by atoms with Crippen molar-refractivity contribution in [2.24, 2.45) is 11.7 Å². The predicted molar refractivity (Wildman–Crippen MR) is 72.4 cm³/mol. The number of carbonyl (C=O) groups excluding carboxylic acids is 3. The van der Waals surface area contributed by atoms with Crippen molar-refractivity contribution in [2.75, 3.05) is 19.6 Å². The molecule has 6 heteroatoms. The third-order valence-electron chi connectivity index (χ3n) is 3.22. The molecular weight excluding hydrogens is 258 g/mol. The van der Waals surface area contributed by atoms with Crippen molar-refractivity contribution in [3.05, 3.63) is 35.9 Å². The Bertz CT molecular complexity index is 500. The van der Waals surface area contributed by atoms with Crippen molar-refractivity contribution in [1.82, 2.24) is 10.2 Å². The standard InChI is InChI=1S/C14H17N3O3/c15-7-11(6-10-4-2-1-3-5-10)14(20)17-8-12(18)16-13(19)9-17/h1-5,11H,6-9,15H2,(H,16,18,19). The van der Waals surface area contributed by atoms with Gasteiger partial charge in [0, 0.05) is 6.54 Å². The van der Waals surface area contributed by atoms with Gasteiger partial charge in [0.05, 0.1) is 5.92 Å². The molecule has 0 spiro atoms. The van der Waals surface area contributed by atoms with Gasteiger partial charge in [-0.25, -0.2) is 0 Å². The largest absolute Gasteiger partial charge is 0.330 e. The van der Waals surface area contributed by atoms with Crippen LogP contribution in [0.2, 0.25) is 0 Å². The third-order valence-corrected chi connectivity index (χ3v) is 3.22. The summed E-state index contributed by atoms with van der Waals surface area (Å²) in [6.45, 7) is 0.00572. The molecule has 2 rings (SSSR count). The van der Waals surface area contributed by atoms with Crippen LogP contribution in [0.15, 0.2) is 30.3 Å². The van der Waals surface area contributed by atoms with Gasteiger partial charge in [-0.1, -0.05) is 30.3 Å². The second-order valence-corrected chi connectivity index (χ2v) is 4.79. The lowest BCUT2D eigenvalue weighted by atomic mass is 9.97. The first-order valence-electron chi connectivity index (χ1n) is 6.45. The van der Waals surface area contributed by atoms with E-state index in [2.05, 4.69) is 5.32 Å². The number of imide groups is 1. The second-order valence-electron chi connectivity index (χ2n) is 4.79. The van der Waals surface area contributed by atoms with E-state index in [0.29, 0.717) is 6.42 Å². The maximum atomic E-state index is 12.3. The van der Waals surface area contributed by atoms with Crippen molar-refractivity contribution < 1.29 is 14.4 Å². The van der Waals surface area contributed by atoms with Crippen molar-refractivity contribution in [1.29, 1.82) is 0 Å². The first-order valence-corrected chi connectivity index (χ1v) is 6.45. The highest BCUT2D eigenvalue weighted by Gasteiger charge is 2.30. The number of hydrogen-bond acceptors (Lipinski definition) is 4. The van der Waals surface area contributed by atoms with Gasteiger partial charge in [-0.2, -0.15) is 0 Å². The van der Waals surface area contributed by atoms with Crippen LogP contribution < -0.4 is 11.1 Å². The number of hydrogen-bond donors (Lipinski definition) is 2. The third kappa shape index (κ3) is 3.42. The fraction of sp³-hybridized carbons (Fsp3) is 0.357. The first-order chi connectivity index (χ1) is 9.60. The number of amides is 3. The van der Waals surface area contributed by atoms with Gasteiger partial charge in [0.2, 0.25) is 17.7 Å². The summed E-state index contributed by atoms with van der Waals surface area (Å²) in [4.78, 5) is 36.2. The Morgan fingerprint density at radius 3 is 2.35 bits per heavy atom. The van der Waals surface area contributed by atoms with Crippen LogP contribution in [0.1, 0.15) is 5.56 Å². The minimum absolute atomic E-state index is 0.0874. The van der Waals surface area contributed by atoms with Gasteiger partial charge in [-0.3, -0.25) is 19.7 Å². The van der Waals surface area contributed by atoms with Gasteiger partial charge in [-0.05, 0) is 12.0 Å². The number of nitrogens with zero attached hydrogens (tertiary/aromatic N) is 1. The molecule has 1 heterocycles. The Morgan fingerprint density at radius 1 is 1.20 bits per heavy atom. The molecule has 1 aliphatic heterocycles. The first kappa shape index (κ1) is 14.2. The van der Waals surface area contributed by atoms with Gasteiger partial charge in [-0.15, -0.1) is 0 Å². The lowest BCUT2D eigenvalue weighted by Crippen LogP contribution is -2.55. The number of carbonyl (C=O) groups is 3. The van der Waals surface area contributed by atoms with Crippen molar-refractivity contribution in [2.45, 2.75) is 6.42 Å². The highest BCUT2D eigenvalue weighted by atomic mass is 16.2. The van der Waals surface area contributed by atoms with E-state index in [1.807, 2.05) is 30.3 Å². The van der Waals surface area contributed by atoms with E-state index in [1.165, 1.54) is 4.90 Å². The Balaban J connectivity index is 2.05. The normalized spacial score (nSPS) is 16.8. The molecule has 0 saturated carbocycles. The van der Waals surface area contributed by atoms with Gasteiger partial charge in [0.1, 0.15) is 13.1 Å². The summed E-state index contributed by atoms with van der Waals surface area (Å²) in [6, 6.07) is 9.53. The molecular formula is C14H17N3O3. The number of benzene rings is 1. The summed E-state index contributed by atoms with van der Waals surface area (Å²) in [7, 11) is 0. The molecule has 1 aromatic rings. The van der Waals surface area contributed by atoms with E-state index in [9.17, 15) is 14.4 Å². The molecule has 0 aliphatic carbocycles. The molecule has 20 heavy (non-hydrogen) atoms. The smallest absolute Gasteiger partial charge is 0.246 e. The molecule has 0 aromatic heterocycles. The molecule has 0 radical (unpaired) electrons. The Hall–Kier alpha value is -2.21. The lowest BCUT2D eigenvalue weighted by molar-refractivity contribution is -0.147. The van der Waals surface area contributed by atoms with Crippen LogP contribution in [0.5, 0.6) is 0 Å². The monoisotopic (exact) mass is 275 g/mol. The fourth-order valence-electron chi connectivity index (χ4n) is 2.22. The fourth-order valence-corrected chi connectivity index (χ4v) is 2.22. The topological polar surface area (TPSA) is 92.5 Å². The summed E-state index contributed by atoms with van der Waals surface area (Å²) < 4.78 is 0. The van der Waals surface area contributed by atoms with Crippen molar-refractivity contribution >= 4 is 17.7 Å². The number of piperazine rings is 1. The van der Waals surface area contributed by atoms with Crippen molar-refractivity contribution in [3.8, 4) is 0 Å². The van der Waals surface area contributed by atoms with Crippen molar-refractivity contribution in [3.63, 3.8) is 0 Å². The molecule has 1 fully saturated rings. The van der Waals surface area contributed by atoms with E-state index in [4.69, 9.17) is 5.73 Å². The summed E-state index contributed by atoms with van der Waals surface area (Å²) in [5.41, 5.74) is 6.67. The van der Waals surface area contributed by atoms with E-state index in [0.717, 1.165) is 5.56 Å². The Kier molecular flexibility index (Phi) is 4.47. The van der Waals surface area contributed by atoms with Crippen LogP contribution in [0, 0.1) is 5.92 Å². The zero-order valence-electron chi connectivity index (χ0n) is 11.0. The van der Waals surface area contributed by atoms with Crippen LogP contribution >= 0.6 is 0 Å². The van der Waals surface area contributed by atoms with E-state index < -0.39 is 17.7 Å². The maximum absolute atomic E-state index is 12.3. The van der Waals surface area contributed by atoms with E-state index in [1.54, 1.807) is 0 Å². The van der Waals surface area contributed by atoms with Crippen LogP contribution in [-0.2, 0) is 20.8 Å². The molecule has 6 nitrogen and oxygen atoms in total. The van der Waals surface area contributed by atoms with Crippen LogP contribution in [0.25, 0.3) is 0 Å². The molecule has 0 bridgehead atoms. The Morgan fingerprint density at radius 2 is 1.80 bits per heavy atom. The SMILES string of the molecule is NCC(Cc1ccccc1)C(=O)N1CC(=O)NC(=O)C1. The minimum atomic E-state index is -0.454. The Labute approximate surface area is 116 Å². The number of nitrogens with two attached hydrogens (primary N) is 1. The highest BCUT2D eigenvalue weighted by molar-refractivity contribution is 6.02. The summed E-state index contributed by atoms with van der Waals surface area (Å²) >= 11 is 0. The van der Waals surface area contributed by atoms with Crippen LogP contribution in [0.4, 0.5) is 0 Å². The average molecular weight is 275 g/mol. The molecule has 1 aromatic carbocycles. The average Bonchev–Trinajstić information content (AvgIpc) is 2.44. The summed E-state index contributed by atoms with van der Waals surface area (Å²) in [6.07, 6.45) is 0.502. The van der Waals surface area contributed by atoms with Crippen LogP contribution in [0.3, 0.4) is 0 Å². The van der Waals surface area contributed by atoms with Gasteiger partial charge in [0.25, 0.3) is 0 Å². The van der Waals surface area contributed by atoms with E-state index >= 15 is 0 Å². The molecule has 1 atom stereocenters. The summed E-state index contributed by atoms with van der Waals surface area (Å²) in [5, 5.41) is 2.17. The maximum Gasteiger partial charge on any atom is 0.246 e. The minimum Gasteiger partial charge on any atom is -0.330 e. The molecule has 1 unspecified atom stereocenters. The highest BCUT2D eigenvalue weighted by Crippen LogP contribution is 2.12. The van der Waals surface area contributed by atoms with Crippen LogP contribution in [-0.4, -0.2) is 42.3 Å². The molecule has 106 valence electrons. The zero-order valence-corrected chi connectivity index (χ0v) is 11.0. The zero-order chi connectivity index (χ0) is 14.5.